The first-order valence-electron chi connectivity index (χ1n) is 5.54. The van der Waals surface area contributed by atoms with E-state index in [9.17, 15) is 17.6 Å². The highest BCUT2D eigenvalue weighted by molar-refractivity contribution is 9.08. The van der Waals surface area contributed by atoms with Gasteiger partial charge >= 0.3 is 6.18 Å². The zero-order valence-corrected chi connectivity index (χ0v) is 11.6. The van der Waals surface area contributed by atoms with Crippen molar-refractivity contribution in [3.8, 4) is 5.75 Å². The van der Waals surface area contributed by atoms with Crippen LogP contribution in [0.2, 0.25) is 0 Å². The Morgan fingerprint density at radius 3 is 2.53 bits per heavy atom. The first kappa shape index (κ1) is 16.2. The van der Waals surface area contributed by atoms with Gasteiger partial charge < -0.3 is 9.47 Å². The average Bonchev–Trinajstić information content (AvgIpc) is 2.33. The lowest BCUT2D eigenvalue weighted by atomic mass is 10.2. The second-order valence-electron chi connectivity index (χ2n) is 3.73. The summed E-state index contributed by atoms with van der Waals surface area (Å²) in [6.07, 6.45) is -4.07. The molecule has 0 unspecified atom stereocenters. The number of ether oxygens (including phenoxy) is 2. The molecule has 7 heteroatoms. The fourth-order valence-electron chi connectivity index (χ4n) is 1.34. The molecule has 0 aromatic heterocycles. The van der Waals surface area contributed by atoms with Crippen LogP contribution in [0.25, 0.3) is 0 Å². The number of halogens is 5. The standard InChI is InChI=1S/C12H13BrF4O2/c13-7-9-3-1-4-10(14)11(9)19-6-2-5-18-8-12(15,16)17/h1,3-4H,2,5-8H2. The minimum atomic E-state index is -4.32. The third-order valence-electron chi connectivity index (χ3n) is 2.14. The fraction of sp³-hybridized carbons (Fsp3) is 0.500. The van der Waals surface area contributed by atoms with Crippen LogP contribution in [0.5, 0.6) is 5.75 Å². The van der Waals surface area contributed by atoms with Crippen LogP contribution in [0.15, 0.2) is 18.2 Å². The van der Waals surface area contributed by atoms with Gasteiger partial charge in [-0.2, -0.15) is 13.2 Å². The van der Waals surface area contributed by atoms with Gasteiger partial charge in [-0.05, 0) is 6.07 Å². The summed E-state index contributed by atoms with van der Waals surface area (Å²) in [6, 6.07) is 4.53. The summed E-state index contributed by atoms with van der Waals surface area (Å²) in [6.45, 7) is -1.27. The molecule has 0 saturated carbocycles. The second-order valence-corrected chi connectivity index (χ2v) is 4.29. The summed E-state index contributed by atoms with van der Waals surface area (Å²) >= 11 is 3.20. The molecule has 2 nitrogen and oxygen atoms in total. The first-order valence-corrected chi connectivity index (χ1v) is 6.67. The van der Waals surface area contributed by atoms with Crippen molar-refractivity contribution in [2.75, 3.05) is 19.8 Å². The number of alkyl halides is 4. The highest BCUT2D eigenvalue weighted by atomic mass is 79.9. The Morgan fingerprint density at radius 1 is 1.16 bits per heavy atom. The topological polar surface area (TPSA) is 18.5 Å². The van der Waals surface area contributed by atoms with E-state index in [0.717, 1.165) is 0 Å². The minimum Gasteiger partial charge on any atom is -0.490 e. The molecule has 0 radical (unpaired) electrons. The van der Waals surface area contributed by atoms with Gasteiger partial charge in [-0.3, -0.25) is 0 Å². The maximum atomic E-state index is 13.4. The van der Waals surface area contributed by atoms with Crippen molar-refractivity contribution in [3.05, 3.63) is 29.6 Å². The quantitative estimate of drug-likeness (QED) is 0.421. The number of benzene rings is 1. The van der Waals surface area contributed by atoms with E-state index in [1.807, 2.05) is 0 Å². The van der Waals surface area contributed by atoms with E-state index < -0.39 is 18.6 Å². The molecule has 0 aliphatic heterocycles. The van der Waals surface area contributed by atoms with Crippen molar-refractivity contribution in [1.82, 2.24) is 0 Å². The molecule has 0 spiro atoms. The maximum Gasteiger partial charge on any atom is 0.411 e. The largest absolute Gasteiger partial charge is 0.490 e. The van der Waals surface area contributed by atoms with Gasteiger partial charge in [0, 0.05) is 17.3 Å². The zero-order chi connectivity index (χ0) is 14.3. The third kappa shape index (κ3) is 6.24. The Bertz CT molecular complexity index is 396. The van der Waals surface area contributed by atoms with E-state index in [1.54, 1.807) is 12.1 Å². The molecule has 1 aromatic rings. The van der Waals surface area contributed by atoms with Gasteiger partial charge in [0.2, 0.25) is 0 Å². The molecule has 0 saturated heterocycles. The lowest BCUT2D eigenvalue weighted by Gasteiger charge is -2.11. The second kappa shape index (κ2) is 7.69. The molecule has 0 bridgehead atoms. The molecule has 0 heterocycles. The summed E-state index contributed by atoms with van der Waals surface area (Å²) in [7, 11) is 0. The van der Waals surface area contributed by atoms with Crippen LogP contribution in [-0.4, -0.2) is 26.0 Å². The van der Waals surface area contributed by atoms with Gasteiger partial charge in [0.15, 0.2) is 11.6 Å². The van der Waals surface area contributed by atoms with Crippen LogP contribution in [0.4, 0.5) is 17.6 Å². The maximum absolute atomic E-state index is 13.4. The van der Waals surface area contributed by atoms with Crippen LogP contribution >= 0.6 is 15.9 Å². The fourth-order valence-corrected chi connectivity index (χ4v) is 1.79. The molecular weight excluding hydrogens is 332 g/mol. The molecule has 0 aliphatic rings. The van der Waals surface area contributed by atoms with Gasteiger partial charge in [0.1, 0.15) is 6.61 Å². The van der Waals surface area contributed by atoms with Crippen LogP contribution in [-0.2, 0) is 10.1 Å². The third-order valence-corrected chi connectivity index (χ3v) is 2.74. The van der Waals surface area contributed by atoms with Gasteiger partial charge in [-0.25, -0.2) is 4.39 Å². The van der Waals surface area contributed by atoms with E-state index >= 15 is 0 Å². The van der Waals surface area contributed by atoms with E-state index in [1.165, 1.54) is 6.07 Å². The van der Waals surface area contributed by atoms with Gasteiger partial charge in [-0.15, -0.1) is 0 Å². The molecule has 108 valence electrons. The zero-order valence-electron chi connectivity index (χ0n) is 9.97. The van der Waals surface area contributed by atoms with Crippen molar-refractivity contribution in [1.29, 1.82) is 0 Å². The van der Waals surface area contributed by atoms with Crippen molar-refractivity contribution < 1.29 is 27.0 Å². The summed E-state index contributed by atoms with van der Waals surface area (Å²) in [5.74, 6) is -0.372. The summed E-state index contributed by atoms with van der Waals surface area (Å²) in [5.41, 5.74) is 0.649. The average molecular weight is 345 g/mol. The Balaban J connectivity index is 2.30. The SMILES string of the molecule is Fc1cccc(CBr)c1OCCCOCC(F)(F)F. The monoisotopic (exact) mass is 344 g/mol. The normalized spacial score (nSPS) is 11.6. The Kier molecular flexibility index (Phi) is 6.57. The molecule has 19 heavy (non-hydrogen) atoms. The van der Waals surface area contributed by atoms with Crippen molar-refractivity contribution in [2.24, 2.45) is 0 Å². The molecule has 1 rings (SSSR count). The van der Waals surface area contributed by atoms with Crippen molar-refractivity contribution in [2.45, 2.75) is 17.9 Å². The predicted octanol–water partition coefficient (Wildman–Crippen LogP) is 4.07. The predicted molar refractivity (Wildman–Crippen MR) is 66.0 cm³/mol. The summed E-state index contributed by atoms with van der Waals surface area (Å²) in [4.78, 5) is 0. The lowest BCUT2D eigenvalue weighted by molar-refractivity contribution is -0.174. The number of hydrogen-bond acceptors (Lipinski definition) is 2. The van der Waals surface area contributed by atoms with Crippen molar-refractivity contribution >= 4 is 15.9 Å². The molecule has 1 aromatic carbocycles. The Hall–Kier alpha value is -0.820. The van der Waals surface area contributed by atoms with E-state index in [0.29, 0.717) is 10.9 Å². The molecule has 0 aliphatic carbocycles. The lowest BCUT2D eigenvalue weighted by Crippen LogP contribution is -2.18. The van der Waals surface area contributed by atoms with Gasteiger partial charge in [0.25, 0.3) is 0 Å². The summed E-state index contributed by atoms with van der Waals surface area (Å²) in [5, 5.41) is 0.435. The summed E-state index contributed by atoms with van der Waals surface area (Å²) < 4.78 is 58.4. The number of rotatable bonds is 7. The molecule has 0 amide bonds. The van der Waals surface area contributed by atoms with E-state index in [4.69, 9.17) is 4.74 Å². The molecule has 0 atom stereocenters. The Morgan fingerprint density at radius 2 is 1.89 bits per heavy atom. The Labute approximate surface area is 116 Å². The minimum absolute atomic E-state index is 0.0857. The van der Waals surface area contributed by atoms with Crippen LogP contribution in [0, 0.1) is 5.82 Å². The van der Waals surface area contributed by atoms with Crippen LogP contribution < -0.4 is 4.74 Å². The van der Waals surface area contributed by atoms with Crippen LogP contribution in [0.1, 0.15) is 12.0 Å². The van der Waals surface area contributed by atoms with Gasteiger partial charge in [-0.1, -0.05) is 28.1 Å². The molecule has 0 N–H and O–H groups in total. The highest BCUT2D eigenvalue weighted by Crippen LogP contribution is 2.24. The molecular formula is C12H13BrF4O2. The van der Waals surface area contributed by atoms with E-state index in [-0.39, 0.29) is 25.4 Å². The van der Waals surface area contributed by atoms with Crippen LogP contribution in [0.3, 0.4) is 0 Å². The van der Waals surface area contributed by atoms with E-state index in [2.05, 4.69) is 20.7 Å². The van der Waals surface area contributed by atoms with Gasteiger partial charge in [0.05, 0.1) is 13.2 Å². The highest BCUT2D eigenvalue weighted by Gasteiger charge is 2.27. The van der Waals surface area contributed by atoms with Crippen molar-refractivity contribution in [3.63, 3.8) is 0 Å². The number of hydrogen-bond donors (Lipinski definition) is 0. The first-order chi connectivity index (χ1) is 8.94. The number of para-hydroxylation sites is 1. The molecule has 0 fully saturated rings. The smallest absolute Gasteiger partial charge is 0.411 e.